The molecule has 6 heteroatoms. The van der Waals surface area contributed by atoms with Gasteiger partial charge in [-0.05, 0) is 49.1 Å². The van der Waals surface area contributed by atoms with E-state index >= 15 is 0 Å². The molecule has 0 aliphatic rings. The minimum atomic E-state index is -0.595. The summed E-state index contributed by atoms with van der Waals surface area (Å²) in [5.74, 6) is 0.912. The number of hydrogen-bond acceptors (Lipinski definition) is 3. The fraction of sp³-hybridized carbons (Fsp3) is 0.333. The molecule has 0 saturated carbocycles. The van der Waals surface area contributed by atoms with Gasteiger partial charge in [0.2, 0.25) is 11.8 Å². The monoisotopic (exact) mass is 566 g/mol. The van der Waals surface area contributed by atoms with Crippen LogP contribution < -0.4 is 5.32 Å². The number of thioether (sulfide) groups is 1. The van der Waals surface area contributed by atoms with Crippen molar-refractivity contribution in [1.29, 1.82) is 0 Å². The summed E-state index contributed by atoms with van der Waals surface area (Å²) < 4.78 is 1.03. The number of halogens is 1. The van der Waals surface area contributed by atoms with Gasteiger partial charge in [-0.2, -0.15) is 0 Å². The van der Waals surface area contributed by atoms with Crippen molar-refractivity contribution in [3.05, 3.63) is 106 Å². The lowest BCUT2D eigenvalue weighted by Gasteiger charge is -2.32. The quantitative estimate of drug-likeness (QED) is 0.270. The molecule has 190 valence electrons. The van der Waals surface area contributed by atoms with Gasteiger partial charge < -0.3 is 10.2 Å². The second kappa shape index (κ2) is 14.2. The normalized spacial score (nSPS) is 12.6. The maximum atomic E-state index is 13.7. The molecule has 0 heterocycles. The van der Waals surface area contributed by atoms with Crippen molar-refractivity contribution in [1.82, 2.24) is 10.2 Å². The largest absolute Gasteiger partial charge is 0.352 e. The lowest BCUT2D eigenvalue weighted by molar-refractivity contribution is -0.139. The van der Waals surface area contributed by atoms with Crippen LogP contribution in [-0.2, 0) is 28.3 Å². The first kappa shape index (κ1) is 28.0. The van der Waals surface area contributed by atoms with Crippen molar-refractivity contribution < 1.29 is 9.59 Å². The lowest BCUT2D eigenvalue weighted by atomic mass is 10.0. The van der Waals surface area contributed by atoms with E-state index in [9.17, 15) is 9.59 Å². The summed E-state index contributed by atoms with van der Waals surface area (Å²) in [6.07, 6.45) is 1.30. The van der Waals surface area contributed by atoms with E-state index in [2.05, 4.69) is 39.4 Å². The molecular formula is C30H35BrN2O2S. The SMILES string of the molecule is CC[C@H](C)NC(=O)[C@H](Cc1ccccc1)N(Cc1cccc(C)c1)C(=O)CSCc1ccc(Br)cc1. The van der Waals surface area contributed by atoms with E-state index in [1.54, 1.807) is 16.7 Å². The maximum absolute atomic E-state index is 13.7. The highest BCUT2D eigenvalue weighted by Gasteiger charge is 2.30. The zero-order chi connectivity index (χ0) is 25.9. The van der Waals surface area contributed by atoms with Gasteiger partial charge in [-0.3, -0.25) is 9.59 Å². The Balaban J connectivity index is 1.85. The van der Waals surface area contributed by atoms with Crippen LogP contribution in [0.4, 0.5) is 0 Å². The number of nitrogens with zero attached hydrogens (tertiary/aromatic N) is 1. The average molecular weight is 568 g/mol. The summed E-state index contributed by atoms with van der Waals surface area (Å²) in [5.41, 5.74) is 4.35. The highest BCUT2D eigenvalue weighted by Crippen LogP contribution is 2.20. The Kier molecular flexibility index (Phi) is 11.1. The predicted octanol–water partition coefficient (Wildman–Crippen LogP) is 6.55. The standard InChI is InChI=1S/C30H35BrN2O2S/c1-4-23(3)32-30(35)28(18-24-10-6-5-7-11-24)33(19-26-12-8-9-22(2)17-26)29(34)21-36-20-25-13-15-27(31)16-14-25/h5-17,23,28H,4,18-21H2,1-3H3,(H,32,35)/t23-,28-/m0/s1. The number of benzene rings is 3. The molecule has 0 bridgehead atoms. The van der Waals surface area contributed by atoms with E-state index in [0.717, 1.165) is 38.9 Å². The van der Waals surface area contributed by atoms with Crippen LogP contribution in [0.2, 0.25) is 0 Å². The molecule has 0 spiro atoms. The minimum absolute atomic E-state index is 0.0288. The lowest BCUT2D eigenvalue weighted by Crippen LogP contribution is -2.52. The van der Waals surface area contributed by atoms with Crippen LogP contribution in [0.3, 0.4) is 0 Å². The van der Waals surface area contributed by atoms with Gasteiger partial charge >= 0.3 is 0 Å². The molecule has 0 radical (unpaired) electrons. The molecule has 0 aliphatic heterocycles. The molecule has 2 atom stereocenters. The number of amides is 2. The first-order valence-electron chi connectivity index (χ1n) is 12.4. The number of rotatable bonds is 12. The fourth-order valence-electron chi connectivity index (χ4n) is 3.92. The van der Waals surface area contributed by atoms with Crippen molar-refractivity contribution in [2.45, 2.75) is 58.0 Å². The zero-order valence-corrected chi connectivity index (χ0v) is 23.6. The van der Waals surface area contributed by atoms with Crippen molar-refractivity contribution in [2.75, 3.05) is 5.75 Å². The van der Waals surface area contributed by atoms with E-state index in [4.69, 9.17) is 0 Å². The zero-order valence-electron chi connectivity index (χ0n) is 21.2. The van der Waals surface area contributed by atoms with Gasteiger partial charge in [-0.15, -0.1) is 11.8 Å². The smallest absolute Gasteiger partial charge is 0.243 e. The first-order valence-corrected chi connectivity index (χ1v) is 14.3. The highest BCUT2D eigenvalue weighted by atomic mass is 79.9. The van der Waals surface area contributed by atoms with Crippen LogP contribution in [0.1, 0.15) is 42.5 Å². The second-order valence-electron chi connectivity index (χ2n) is 9.15. The van der Waals surface area contributed by atoms with E-state index in [-0.39, 0.29) is 17.9 Å². The van der Waals surface area contributed by atoms with Crippen LogP contribution in [0, 0.1) is 6.92 Å². The van der Waals surface area contributed by atoms with Crippen LogP contribution in [0.5, 0.6) is 0 Å². The van der Waals surface area contributed by atoms with Crippen LogP contribution in [0.25, 0.3) is 0 Å². The molecule has 36 heavy (non-hydrogen) atoms. The van der Waals surface area contributed by atoms with E-state index < -0.39 is 6.04 Å². The third kappa shape index (κ3) is 8.82. The summed E-state index contributed by atoms with van der Waals surface area (Å²) in [6.45, 7) is 6.48. The van der Waals surface area contributed by atoms with Gasteiger partial charge in [-0.1, -0.05) is 95.1 Å². The molecule has 4 nitrogen and oxygen atoms in total. The number of carbonyl (C=O) groups excluding carboxylic acids is 2. The molecule has 3 aromatic carbocycles. The van der Waals surface area contributed by atoms with Crippen LogP contribution >= 0.6 is 27.7 Å². The Labute approximate surface area is 228 Å². The molecule has 0 aliphatic carbocycles. The summed E-state index contributed by atoms with van der Waals surface area (Å²) in [7, 11) is 0. The summed E-state index contributed by atoms with van der Waals surface area (Å²) in [5, 5.41) is 3.13. The van der Waals surface area contributed by atoms with Crippen LogP contribution in [-0.4, -0.2) is 34.6 Å². The number of hydrogen-bond donors (Lipinski definition) is 1. The van der Waals surface area contributed by atoms with Crippen molar-refractivity contribution in [3.63, 3.8) is 0 Å². The molecule has 2 amide bonds. The Morgan fingerprint density at radius 3 is 2.31 bits per heavy atom. The molecule has 0 saturated heterocycles. The Bertz CT molecular complexity index is 1120. The summed E-state index contributed by atoms with van der Waals surface area (Å²) >= 11 is 5.04. The third-order valence-electron chi connectivity index (χ3n) is 6.12. The molecule has 3 aromatic rings. The topological polar surface area (TPSA) is 49.4 Å². The maximum Gasteiger partial charge on any atom is 0.243 e. The Morgan fingerprint density at radius 1 is 0.944 bits per heavy atom. The van der Waals surface area contributed by atoms with Gasteiger partial charge in [0.15, 0.2) is 0 Å². The summed E-state index contributed by atoms with van der Waals surface area (Å²) in [6, 6.07) is 25.7. The molecule has 0 fully saturated rings. The van der Waals surface area contributed by atoms with E-state index in [1.807, 2.05) is 81.4 Å². The predicted molar refractivity (Wildman–Crippen MR) is 154 cm³/mol. The van der Waals surface area contributed by atoms with Gasteiger partial charge in [0.1, 0.15) is 6.04 Å². The van der Waals surface area contributed by atoms with Gasteiger partial charge in [0, 0.05) is 29.2 Å². The van der Waals surface area contributed by atoms with Gasteiger partial charge in [0.25, 0.3) is 0 Å². The van der Waals surface area contributed by atoms with Gasteiger partial charge in [-0.25, -0.2) is 0 Å². The minimum Gasteiger partial charge on any atom is -0.352 e. The fourth-order valence-corrected chi connectivity index (χ4v) is 5.06. The number of aryl methyl sites for hydroxylation is 1. The van der Waals surface area contributed by atoms with Crippen molar-refractivity contribution in [3.8, 4) is 0 Å². The Morgan fingerprint density at radius 2 is 1.64 bits per heavy atom. The average Bonchev–Trinajstić information content (AvgIpc) is 2.87. The number of nitrogens with one attached hydrogen (secondary N) is 1. The van der Waals surface area contributed by atoms with Crippen molar-refractivity contribution in [2.24, 2.45) is 0 Å². The van der Waals surface area contributed by atoms with Crippen LogP contribution in [0.15, 0.2) is 83.3 Å². The van der Waals surface area contributed by atoms with Crippen molar-refractivity contribution >= 4 is 39.5 Å². The molecule has 0 unspecified atom stereocenters. The molecule has 0 aromatic heterocycles. The first-order chi connectivity index (χ1) is 17.4. The van der Waals surface area contributed by atoms with Gasteiger partial charge in [0.05, 0.1) is 5.75 Å². The number of carbonyl (C=O) groups is 2. The molecular weight excluding hydrogens is 532 g/mol. The Hall–Kier alpha value is -2.57. The van der Waals surface area contributed by atoms with E-state index in [1.165, 1.54) is 0 Å². The molecule has 3 rings (SSSR count). The van der Waals surface area contributed by atoms with E-state index in [0.29, 0.717) is 18.7 Å². The third-order valence-corrected chi connectivity index (χ3v) is 7.63. The summed E-state index contributed by atoms with van der Waals surface area (Å²) in [4.78, 5) is 29.0. The molecule has 1 N–H and O–H groups in total. The second-order valence-corrected chi connectivity index (χ2v) is 11.1. The highest BCUT2D eigenvalue weighted by molar-refractivity contribution is 9.10.